The van der Waals surface area contributed by atoms with Crippen LogP contribution in [-0.2, 0) is 4.74 Å². The number of benzene rings is 1. The highest BCUT2D eigenvalue weighted by atomic mass is 32.1. The lowest BCUT2D eigenvalue weighted by Crippen LogP contribution is -2.30. The fraction of sp³-hybridized carbons (Fsp3) is 0.381. The van der Waals surface area contributed by atoms with Crippen molar-refractivity contribution in [3.8, 4) is 0 Å². The first kappa shape index (κ1) is 23.6. The highest BCUT2D eigenvalue weighted by molar-refractivity contribution is 7.80. The number of ether oxygens (including phenoxy) is 1. The van der Waals surface area contributed by atoms with E-state index < -0.39 is 5.97 Å². The van der Waals surface area contributed by atoms with Crippen LogP contribution < -0.4 is 15.5 Å². The monoisotopic (exact) mass is 448 g/mol. The zero-order valence-electron chi connectivity index (χ0n) is 18.2. The van der Waals surface area contributed by atoms with Gasteiger partial charge in [-0.25, -0.2) is 4.79 Å². The summed E-state index contributed by atoms with van der Waals surface area (Å²) in [5.74, 6) is -0.623. The Bertz CT molecular complexity index is 919. The Balaban J connectivity index is 2.28. The third-order valence-electron chi connectivity index (χ3n) is 4.65. The van der Waals surface area contributed by atoms with Gasteiger partial charge < -0.3 is 25.2 Å². The Hall–Kier alpha value is -2.65. The first-order valence-corrected chi connectivity index (χ1v) is 10.8. The number of nitrogens with zero attached hydrogens (tertiary/aromatic N) is 2. The van der Waals surface area contributed by atoms with Gasteiger partial charge in [-0.2, -0.15) is 0 Å². The predicted octanol–water partition coefficient (Wildman–Crippen LogP) is 4.20. The van der Waals surface area contributed by atoms with E-state index in [1.165, 1.54) is 18.4 Å². The maximum absolute atomic E-state index is 12.9. The average Bonchev–Trinajstić information content (AvgIpc) is 3.04. The van der Waals surface area contributed by atoms with Gasteiger partial charge in [0.05, 0.1) is 17.6 Å². The molecule has 162 valence electrons. The molecule has 1 amide bonds. The Kier molecular flexibility index (Phi) is 8.19. The number of carbonyl (C=O) groups excluding carboxylic acids is 2. The number of thiophene rings is 1. The van der Waals surface area contributed by atoms with Crippen LogP contribution in [0.1, 0.15) is 39.4 Å². The molecular weight excluding hydrogens is 420 g/mol. The van der Waals surface area contributed by atoms with Crippen LogP contribution in [-0.4, -0.2) is 56.2 Å². The summed E-state index contributed by atoms with van der Waals surface area (Å²) in [6.45, 7) is 6.77. The molecule has 0 saturated carbocycles. The van der Waals surface area contributed by atoms with E-state index in [0.29, 0.717) is 39.2 Å². The first-order valence-electron chi connectivity index (χ1n) is 9.59. The number of carbonyl (C=O) groups is 2. The SMILES string of the molecule is CCN(CC)C(=O)c1sc(NC(=S)Nc2ccc(N(C)C)cc2)c(C(=O)OC)c1C. The average molecular weight is 449 g/mol. The van der Waals surface area contributed by atoms with Gasteiger partial charge in [-0.05, 0) is 62.8 Å². The van der Waals surface area contributed by atoms with Crippen molar-refractivity contribution in [3.05, 3.63) is 40.3 Å². The van der Waals surface area contributed by atoms with E-state index in [-0.39, 0.29) is 5.91 Å². The molecule has 0 aliphatic rings. The van der Waals surface area contributed by atoms with E-state index in [0.717, 1.165) is 11.4 Å². The molecular formula is C21H28N4O3S2. The van der Waals surface area contributed by atoms with E-state index in [2.05, 4.69) is 10.6 Å². The Morgan fingerprint density at radius 2 is 1.70 bits per heavy atom. The molecule has 9 heteroatoms. The fourth-order valence-corrected chi connectivity index (χ4v) is 4.37. The predicted molar refractivity (Wildman–Crippen MR) is 128 cm³/mol. The summed E-state index contributed by atoms with van der Waals surface area (Å²) in [5, 5.41) is 6.97. The second kappa shape index (κ2) is 10.4. The number of esters is 1. The van der Waals surface area contributed by atoms with Crippen molar-refractivity contribution < 1.29 is 14.3 Å². The fourth-order valence-electron chi connectivity index (χ4n) is 2.92. The van der Waals surface area contributed by atoms with Gasteiger partial charge in [0.1, 0.15) is 5.00 Å². The van der Waals surface area contributed by atoms with E-state index >= 15 is 0 Å². The lowest BCUT2D eigenvalue weighted by molar-refractivity contribution is 0.0601. The van der Waals surface area contributed by atoms with E-state index in [4.69, 9.17) is 17.0 Å². The summed E-state index contributed by atoms with van der Waals surface area (Å²) in [7, 11) is 5.26. The van der Waals surface area contributed by atoms with Gasteiger partial charge in [0.2, 0.25) is 0 Å². The third kappa shape index (κ3) is 5.28. The minimum atomic E-state index is -0.511. The molecule has 1 aromatic carbocycles. The van der Waals surface area contributed by atoms with E-state index in [9.17, 15) is 9.59 Å². The van der Waals surface area contributed by atoms with Crippen LogP contribution in [0.5, 0.6) is 0 Å². The minimum Gasteiger partial charge on any atom is -0.465 e. The Labute approximate surface area is 187 Å². The standard InChI is InChI=1S/C21H28N4O3S2/c1-7-25(8-2)19(26)17-13(3)16(20(27)28-6)18(30-17)23-21(29)22-14-9-11-15(12-10-14)24(4)5/h9-12H,7-8H2,1-6H3,(H2,22,23,29). The van der Waals surface area contributed by atoms with Crippen molar-refractivity contribution >= 4 is 56.9 Å². The van der Waals surface area contributed by atoms with Crippen LogP contribution in [0.2, 0.25) is 0 Å². The normalized spacial score (nSPS) is 10.3. The van der Waals surface area contributed by atoms with Gasteiger partial charge in [0.25, 0.3) is 5.91 Å². The van der Waals surface area contributed by atoms with Crippen LogP contribution in [0.25, 0.3) is 0 Å². The number of nitrogens with one attached hydrogen (secondary N) is 2. The molecule has 1 heterocycles. The van der Waals surface area contributed by atoms with Gasteiger partial charge in [0, 0.05) is 38.6 Å². The number of thiocarbonyl (C=S) groups is 1. The molecule has 1 aromatic heterocycles. The molecule has 0 unspecified atom stereocenters. The lowest BCUT2D eigenvalue weighted by Gasteiger charge is -2.18. The number of methoxy groups -OCH3 is 1. The minimum absolute atomic E-state index is 0.112. The van der Waals surface area contributed by atoms with Crippen LogP contribution in [0.3, 0.4) is 0 Å². The topological polar surface area (TPSA) is 73.9 Å². The lowest BCUT2D eigenvalue weighted by atomic mass is 10.1. The molecule has 0 bridgehead atoms. The second-order valence-electron chi connectivity index (χ2n) is 6.75. The van der Waals surface area contributed by atoms with Gasteiger partial charge in [-0.15, -0.1) is 11.3 Å². The molecule has 30 heavy (non-hydrogen) atoms. The quantitative estimate of drug-likeness (QED) is 0.486. The van der Waals surface area contributed by atoms with E-state index in [1.807, 2.05) is 57.1 Å². The number of rotatable bonds is 7. The highest BCUT2D eigenvalue weighted by Gasteiger charge is 2.27. The molecule has 0 saturated heterocycles. The Morgan fingerprint density at radius 3 is 2.20 bits per heavy atom. The number of anilines is 3. The molecule has 2 aromatic rings. The van der Waals surface area contributed by atoms with Gasteiger partial charge >= 0.3 is 5.97 Å². The summed E-state index contributed by atoms with van der Waals surface area (Å²) in [6.07, 6.45) is 0. The number of hydrogen-bond donors (Lipinski definition) is 2. The molecule has 7 nitrogen and oxygen atoms in total. The highest BCUT2D eigenvalue weighted by Crippen LogP contribution is 2.34. The number of amides is 1. The zero-order chi connectivity index (χ0) is 22.4. The Morgan fingerprint density at radius 1 is 1.10 bits per heavy atom. The summed E-state index contributed by atoms with van der Waals surface area (Å²) in [4.78, 5) is 29.5. The first-order chi connectivity index (χ1) is 14.2. The summed E-state index contributed by atoms with van der Waals surface area (Å²) >= 11 is 6.63. The molecule has 0 atom stereocenters. The smallest absolute Gasteiger partial charge is 0.341 e. The third-order valence-corrected chi connectivity index (χ3v) is 6.05. The van der Waals surface area contributed by atoms with Crippen LogP contribution in [0.15, 0.2) is 24.3 Å². The van der Waals surface area contributed by atoms with Crippen LogP contribution in [0.4, 0.5) is 16.4 Å². The largest absolute Gasteiger partial charge is 0.465 e. The van der Waals surface area contributed by atoms with Crippen molar-refractivity contribution in [2.24, 2.45) is 0 Å². The molecule has 0 spiro atoms. The zero-order valence-corrected chi connectivity index (χ0v) is 19.8. The summed E-state index contributed by atoms with van der Waals surface area (Å²) in [5.41, 5.74) is 2.79. The summed E-state index contributed by atoms with van der Waals surface area (Å²) in [6, 6.07) is 7.78. The molecule has 0 aliphatic carbocycles. The number of hydrogen-bond acceptors (Lipinski definition) is 6. The maximum atomic E-state index is 12.9. The molecule has 2 N–H and O–H groups in total. The molecule has 0 radical (unpaired) electrons. The van der Waals surface area contributed by atoms with Crippen molar-refractivity contribution in [3.63, 3.8) is 0 Å². The van der Waals surface area contributed by atoms with E-state index in [1.54, 1.807) is 11.8 Å². The molecule has 0 aliphatic heterocycles. The van der Waals surface area contributed by atoms with Gasteiger partial charge in [-0.3, -0.25) is 4.79 Å². The van der Waals surface area contributed by atoms with Crippen molar-refractivity contribution in [1.82, 2.24) is 4.90 Å². The second-order valence-corrected chi connectivity index (χ2v) is 8.18. The van der Waals surface area contributed by atoms with Crippen molar-refractivity contribution in [2.45, 2.75) is 20.8 Å². The van der Waals surface area contributed by atoms with Crippen LogP contribution in [0, 0.1) is 6.92 Å². The maximum Gasteiger partial charge on any atom is 0.341 e. The molecule has 0 fully saturated rings. The van der Waals surface area contributed by atoms with Crippen molar-refractivity contribution in [1.29, 1.82) is 0 Å². The van der Waals surface area contributed by atoms with Gasteiger partial charge in [0.15, 0.2) is 5.11 Å². The molecule has 2 rings (SSSR count). The summed E-state index contributed by atoms with van der Waals surface area (Å²) < 4.78 is 4.93. The van der Waals surface area contributed by atoms with Crippen molar-refractivity contribution in [2.75, 3.05) is 49.8 Å². The van der Waals surface area contributed by atoms with Gasteiger partial charge in [-0.1, -0.05) is 0 Å². The van der Waals surface area contributed by atoms with Crippen LogP contribution >= 0.6 is 23.6 Å².